The number of hydrogen-bond acceptors (Lipinski definition) is 5. The molecule has 6 nitrogen and oxygen atoms in total. The lowest BCUT2D eigenvalue weighted by Gasteiger charge is -2.05. The minimum atomic E-state index is -3.70. The number of aromatic carboxylic acids is 1. The van der Waals surface area contributed by atoms with Crippen LogP contribution in [0, 0.1) is 0 Å². The summed E-state index contributed by atoms with van der Waals surface area (Å²) in [6.45, 7) is 0.188. The highest BCUT2D eigenvalue weighted by Gasteiger charge is 2.18. The lowest BCUT2D eigenvalue weighted by molar-refractivity contribution is 0.0702. The van der Waals surface area contributed by atoms with Crippen LogP contribution in [-0.4, -0.2) is 31.1 Å². The van der Waals surface area contributed by atoms with Crippen LogP contribution < -0.4 is 4.72 Å². The lowest BCUT2D eigenvalue weighted by atomic mass is 10.1. The van der Waals surface area contributed by atoms with Crippen molar-refractivity contribution in [2.75, 3.05) is 6.54 Å². The number of hydrogen-bond donors (Lipinski definition) is 3. The van der Waals surface area contributed by atoms with Crippen LogP contribution in [0.2, 0.25) is 0 Å². The van der Waals surface area contributed by atoms with E-state index in [1.807, 2.05) is 0 Å². The molecule has 0 saturated carbocycles. The first-order valence-electron chi connectivity index (χ1n) is 5.99. The fourth-order valence-corrected chi connectivity index (χ4v) is 3.86. The van der Waals surface area contributed by atoms with Gasteiger partial charge in [-0.3, -0.25) is 0 Å². The van der Waals surface area contributed by atoms with Gasteiger partial charge in [0.15, 0.2) is 0 Å². The van der Waals surface area contributed by atoms with Crippen LogP contribution >= 0.6 is 11.3 Å². The van der Waals surface area contributed by atoms with E-state index >= 15 is 0 Å². The molecule has 2 aromatic rings. The van der Waals surface area contributed by atoms with E-state index < -0.39 is 16.0 Å². The summed E-state index contributed by atoms with van der Waals surface area (Å²) in [5.41, 5.74) is 0.882. The summed E-state index contributed by atoms with van der Waals surface area (Å²) < 4.78 is 26.4. The molecule has 1 aromatic carbocycles. The molecule has 0 unspecified atom stereocenters. The SMILES string of the molecule is O=C(O)c1ccc(S(=O)(=O)NCCc2ccc(O)cc2)s1. The van der Waals surface area contributed by atoms with Gasteiger partial charge in [0.05, 0.1) is 0 Å². The van der Waals surface area contributed by atoms with Gasteiger partial charge < -0.3 is 10.2 Å². The van der Waals surface area contributed by atoms with E-state index in [2.05, 4.69) is 4.72 Å². The number of sulfonamides is 1. The Morgan fingerprint density at radius 2 is 1.81 bits per heavy atom. The Morgan fingerprint density at radius 1 is 1.14 bits per heavy atom. The summed E-state index contributed by atoms with van der Waals surface area (Å²) >= 11 is 0.713. The molecular formula is C13H13NO5S2. The Kier molecular flexibility index (Phi) is 4.61. The first-order valence-corrected chi connectivity index (χ1v) is 8.29. The van der Waals surface area contributed by atoms with Gasteiger partial charge in [-0.15, -0.1) is 11.3 Å². The molecule has 0 spiro atoms. The number of aromatic hydroxyl groups is 1. The summed E-state index contributed by atoms with van der Waals surface area (Å²) in [5, 5.41) is 17.9. The van der Waals surface area contributed by atoms with Crippen LogP contribution in [0.25, 0.3) is 0 Å². The molecule has 8 heteroatoms. The van der Waals surface area contributed by atoms with Crippen LogP contribution in [0.4, 0.5) is 0 Å². The minimum absolute atomic E-state index is 0.0195. The van der Waals surface area contributed by atoms with Gasteiger partial charge >= 0.3 is 5.97 Å². The van der Waals surface area contributed by atoms with Gasteiger partial charge in [0, 0.05) is 6.54 Å². The third kappa shape index (κ3) is 4.03. The second-order valence-corrected chi connectivity index (χ2v) is 7.32. The van der Waals surface area contributed by atoms with E-state index in [-0.39, 0.29) is 21.4 Å². The molecule has 1 heterocycles. The van der Waals surface area contributed by atoms with Crippen molar-refractivity contribution in [1.29, 1.82) is 0 Å². The van der Waals surface area contributed by atoms with Gasteiger partial charge in [-0.25, -0.2) is 17.9 Å². The zero-order chi connectivity index (χ0) is 15.5. The average molecular weight is 327 g/mol. The molecule has 2 rings (SSSR count). The molecule has 0 atom stereocenters. The zero-order valence-electron chi connectivity index (χ0n) is 10.8. The Hall–Kier alpha value is -1.90. The van der Waals surface area contributed by atoms with Crippen molar-refractivity contribution in [1.82, 2.24) is 4.72 Å². The third-order valence-corrected chi connectivity index (χ3v) is 5.73. The summed E-state index contributed by atoms with van der Waals surface area (Å²) in [5.74, 6) is -0.996. The molecule has 3 N–H and O–H groups in total. The first kappa shape index (κ1) is 15.5. The van der Waals surface area contributed by atoms with E-state index in [0.717, 1.165) is 5.56 Å². The predicted octanol–water partition coefficient (Wildman–Crippen LogP) is 1.67. The van der Waals surface area contributed by atoms with E-state index in [1.165, 1.54) is 24.3 Å². The maximum Gasteiger partial charge on any atom is 0.345 e. The van der Waals surface area contributed by atoms with E-state index in [1.54, 1.807) is 12.1 Å². The Bertz CT molecular complexity index is 734. The van der Waals surface area contributed by atoms with Gasteiger partial charge in [-0.05, 0) is 36.2 Å². The number of carboxylic acids is 1. The maximum atomic E-state index is 12.0. The molecule has 0 bridgehead atoms. The van der Waals surface area contributed by atoms with Crippen molar-refractivity contribution in [2.45, 2.75) is 10.6 Å². The molecule has 0 aliphatic carbocycles. The van der Waals surface area contributed by atoms with Crippen LogP contribution in [0.3, 0.4) is 0 Å². The summed E-state index contributed by atoms with van der Waals surface area (Å²) in [7, 11) is -3.70. The zero-order valence-corrected chi connectivity index (χ0v) is 12.4. The molecule has 112 valence electrons. The van der Waals surface area contributed by atoms with Crippen LogP contribution in [0.1, 0.15) is 15.2 Å². The van der Waals surface area contributed by atoms with Gasteiger partial charge in [-0.1, -0.05) is 12.1 Å². The minimum Gasteiger partial charge on any atom is -0.508 e. The second kappa shape index (κ2) is 6.25. The van der Waals surface area contributed by atoms with Crippen molar-refractivity contribution < 1.29 is 23.4 Å². The van der Waals surface area contributed by atoms with Crippen molar-refractivity contribution in [3.63, 3.8) is 0 Å². The van der Waals surface area contributed by atoms with Gasteiger partial charge in [0.25, 0.3) is 0 Å². The molecule has 0 fully saturated rings. The fraction of sp³-hybridized carbons (Fsp3) is 0.154. The quantitative estimate of drug-likeness (QED) is 0.749. The lowest BCUT2D eigenvalue weighted by Crippen LogP contribution is -2.25. The third-order valence-electron chi connectivity index (χ3n) is 2.70. The number of nitrogens with one attached hydrogen (secondary N) is 1. The van der Waals surface area contributed by atoms with Crippen molar-refractivity contribution >= 4 is 27.3 Å². The normalized spacial score (nSPS) is 11.4. The fourth-order valence-electron chi connectivity index (χ4n) is 1.64. The standard InChI is InChI=1S/C13H13NO5S2/c15-10-3-1-9(2-4-10)7-8-14-21(18,19)12-6-5-11(20-12)13(16)17/h1-6,14-15H,7-8H2,(H,16,17). The van der Waals surface area contributed by atoms with Crippen molar-refractivity contribution in [2.24, 2.45) is 0 Å². The highest BCUT2D eigenvalue weighted by Crippen LogP contribution is 2.21. The average Bonchev–Trinajstić information content (AvgIpc) is 2.91. The van der Waals surface area contributed by atoms with Gasteiger partial charge in [0.2, 0.25) is 10.0 Å². The second-order valence-electron chi connectivity index (χ2n) is 4.24. The maximum absolute atomic E-state index is 12.0. The van der Waals surface area contributed by atoms with Gasteiger partial charge in [0.1, 0.15) is 14.8 Å². The molecule has 1 aromatic heterocycles. The first-order chi connectivity index (χ1) is 9.88. The van der Waals surface area contributed by atoms with Crippen LogP contribution in [-0.2, 0) is 16.4 Å². The highest BCUT2D eigenvalue weighted by molar-refractivity contribution is 7.91. The smallest absolute Gasteiger partial charge is 0.345 e. The monoisotopic (exact) mass is 327 g/mol. The Labute approximate surface area is 125 Å². The number of rotatable bonds is 6. The van der Waals surface area contributed by atoms with E-state index in [9.17, 15) is 13.2 Å². The van der Waals surface area contributed by atoms with Crippen LogP contribution in [0.15, 0.2) is 40.6 Å². The largest absolute Gasteiger partial charge is 0.508 e. The molecule has 0 amide bonds. The summed E-state index contributed by atoms with van der Waals surface area (Å²) in [6.07, 6.45) is 0.469. The number of thiophene rings is 1. The predicted molar refractivity (Wildman–Crippen MR) is 78.3 cm³/mol. The molecule has 0 radical (unpaired) electrons. The number of carboxylic acid groups (broad SMARTS) is 1. The summed E-state index contributed by atoms with van der Waals surface area (Å²) in [4.78, 5) is 10.7. The topological polar surface area (TPSA) is 104 Å². The van der Waals surface area contributed by atoms with E-state index in [0.29, 0.717) is 17.8 Å². The molecular weight excluding hydrogens is 314 g/mol. The number of benzene rings is 1. The Balaban J connectivity index is 1.97. The highest BCUT2D eigenvalue weighted by atomic mass is 32.2. The van der Waals surface area contributed by atoms with Crippen molar-refractivity contribution in [3.05, 3.63) is 46.8 Å². The molecule has 0 aliphatic rings. The molecule has 0 saturated heterocycles. The number of carbonyl (C=O) groups is 1. The van der Waals surface area contributed by atoms with Crippen LogP contribution in [0.5, 0.6) is 5.75 Å². The summed E-state index contributed by atoms with van der Waals surface area (Å²) in [6, 6.07) is 9.01. The number of phenols is 1. The number of phenolic OH excluding ortho intramolecular Hbond substituents is 1. The van der Waals surface area contributed by atoms with Crippen molar-refractivity contribution in [3.8, 4) is 5.75 Å². The van der Waals surface area contributed by atoms with E-state index in [4.69, 9.17) is 10.2 Å². The molecule has 21 heavy (non-hydrogen) atoms. The molecule has 0 aliphatic heterocycles. The Morgan fingerprint density at radius 3 is 2.38 bits per heavy atom. The van der Waals surface area contributed by atoms with Gasteiger partial charge in [-0.2, -0.15) is 0 Å².